The fourth-order valence-corrected chi connectivity index (χ4v) is 1.87. The van der Waals surface area contributed by atoms with Crippen LogP contribution in [0.2, 0.25) is 0 Å². The van der Waals surface area contributed by atoms with Gasteiger partial charge in [-0.25, -0.2) is 0 Å². The van der Waals surface area contributed by atoms with E-state index in [-0.39, 0.29) is 0 Å². The van der Waals surface area contributed by atoms with Gasteiger partial charge in [0, 0.05) is 6.54 Å². The second-order valence-electron chi connectivity index (χ2n) is 1.77. The van der Waals surface area contributed by atoms with Gasteiger partial charge in [0.15, 0.2) is 7.91 Å². The van der Waals surface area contributed by atoms with Crippen molar-refractivity contribution in [1.29, 1.82) is 0 Å². The Balaban J connectivity index is 3.09. The summed E-state index contributed by atoms with van der Waals surface area (Å²) in [6, 6.07) is 0. The minimum Gasteiger partial charge on any atom is -0.356 e. The third kappa shape index (κ3) is 2.64. The lowest BCUT2D eigenvalue weighted by Gasteiger charge is -1.98. The molecule has 1 rings (SSSR count). The molecule has 60 valence electrons. The van der Waals surface area contributed by atoms with E-state index in [9.17, 15) is 0 Å². The summed E-state index contributed by atoms with van der Waals surface area (Å²) in [5.41, 5.74) is 0. The van der Waals surface area contributed by atoms with E-state index in [0.717, 1.165) is 6.54 Å². The number of nitrogens with zero attached hydrogens (tertiary/aromatic N) is 1. The molecule has 3 nitrogen and oxygen atoms in total. The predicted octanol–water partition coefficient (Wildman–Crippen LogP) is 2.36. The minimum atomic E-state index is 0.560. The highest BCUT2D eigenvalue weighted by Crippen LogP contribution is 2.03. The average Bonchev–Trinajstić information content (AvgIpc) is 1.85. The fourth-order valence-electron chi connectivity index (χ4n) is 0.595. The molecule has 1 aromatic heterocycles. The molecule has 6 heteroatoms. The molecule has 11 heavy (non-hydrogen) atoms. The topological polar surface area (TPSA) is 40.7 Å². The zero-order valence-electron chi connectivity index (χ0n) is 5.88. The number of H-pyrrole nitrogens is 1. The molecule has 1 heterocycles. The lowest BCUT2D eigenvalue weighted by atomic mass is 10.7. The van der Waals surface area contributed by atoms with E-state index >= 15 is 0 Å². The molecule has 0 aliphatic carbocycles. The largest absolute Gasteiger partial charge is 0.356 e. The lowest BCUT2D eigenvalue weighted by Crippen LogP contribution is -2.00. The molecule has 0 bridgehead atoms. The number of aromatic nitrogens is 2. The van der Waals surface area contributed by atoms with Gasteiger partial charge in [-0.15, -0.1) is 0 Å². The highest BCUT2D eigenvalue weighted by molar-refractivity contribution is 7.75. The van der Waals surface area contributed by atoms with E-state index in [1.807, 2.05) is 6.92 Å². The molecular weight excluding hydrogens is 198 g/mol. The van der Waals surface area contributed by atoms with Crippen molar-refractivity contribution in [3.8, 4) is 0 Å². The molecule has 0 aliphatic heterocycles. The van der Waals surface area contributed by atoms with Gasteiger partial charge in [-0.2, -0.15) is 4.98 Å². The first-order valence-electron chi connectivity index (χ1n) is 3.07. The molecule has 0 radical (unpaired) electrons. The summed E-state index contributed by atoms with van der Waals surface area (Å²) in [5, 5.41) is 3.00. The number of rotatable bonds is 2. The van der Waals surface area contributed by atoms with Crippen molar-refractivity contribution in [3.05, 3.63) is 7.91 Å². The first kappa shape index (κ1) is 8.76. The maximum atomic E-state index is 4.92. The Morgan fingerprint density at radius 1 is 1.64 bits per heavy atom. The summed E-state index contributed by atoms with van der Waals surface area (Å²) in [6.45, 7) is 2.79. The van der Waals surface area contributed by atoms with Crippen LogP contribution in [-0.2, 0) is 0 Å². The van der Waals surface area contributed by atoms with Gasteiger partial charge in [0.05, 0.1) is 0 Å². The number of anilines is 1. The van der Waals surface area contributed by atoms with Crippen LogP contribution in [-0.4, -0.2) is 16.5 Å². The van der Waals surface area contributed by atoms with Crippen LogP contribution in [0.1, 0.15) is 6.92 Å². The molecule has 0 aliphatic rings. The van der Waals surface area contributed by atoms with Crippen molar-refractivity contribution >= 4 is 41.7 Å². The molecule has 0 fully saturated rings. The van der Waals surface area contributed by atoms with E-state index in [0.29, 0.717) is 13.9 Å². The molecule has 0 saturated carbocycles. The third-order valence-electron chi connectivity index (χ3n) is 0.948. The van der Waals surface area contributed by atoms with E-state index in [4.69, 9.17) is 24.4 Å². The average molecular weight is 205 g/mol. The van der Waals surface area contributed by atoms with Crippen LogP contribution in [0.5, 0.6) is 0 Å². The Morgan fingerprint density at radius 2 is 2.36 bits per heavy atom. The van der Waals surface area contributed by atoms with E-state index in [1.165, 1.54) is 11.3 Å². The van der Waals surface area contributed by atoms with Gasteiger partial charge in [-0.3, -0.25) is 0 Å². The van der Waals surface area contributed by atoms with Crippen LogP contribution in [0.15, 0.2) is 0 Å². The van der Waals surface area contributed by atoms with E-state index < -0.39 is 0 Å². The Labute approximate surface area is 78.5 Å². The Morgan fingerprint density at radius 3 is 2.91 bits per heavy atom. The predicted molar refractivity (Wildman–Crippen MR) is 52.3 cm³/mol. The fraction of sp³-hybridized carbons (Fsp3) is 0.400. The van der Waals surface area contributed by atoms with Gasteiger partial charge in [0.25, 0.3) is 0 Å². The Hall–Kier alpha value is -0.330. The summed E-state index contributed by atoms with van der Waals surface area (Å²) >= 11 is 11.1. The summed E-state index contributed by atoms with van der Waals surface area (Å²) < 4.78 is 1.21. The molecular formula is C5H7N3S3. The summed E-state index contributed by atoms with van der Waals surface area (Å²) in [7, 11) is 0. The van der Waals surface area contributed by atoms with Crippen LogP contribution < -0.4 is 5.32 Å². The van der Waals surface area contributed by atoms with Gasteiger partial charge in [0.2, 0.25) is 5.95 Å². The monoisotopic (exact) mass is 205 g/mol. The van der Waals surface area contributed by atoms with Crippen LogP contribution in [0, 0.1) is 7.91 Å². The van der Waals surface area contributed by atoms with Crippen molar-refractivity contribution < 1.29 is 0 Å². The quantitative estimate of drug-likeness (QED) is 0.727. The maximum Gasteiger partial charge on any atom is 0.203 e. The van der Waals surface area contributed by atoms with Crippen molar-refractivity contribution in [3.63, 3.8) is 0 Å². The van der Waals surface area contributed by atoms with E-state index in [1.54, 1.807) is 0 Å². The van der Waals surface area contributed by atoms with Crippen molar-refractivity contribution in [2.75, 3.05) is 11.9 Å². The summed E-state index contributed by atoms with van der Waals surface area (Å²) in [4.78, 5) is 6.92. The molecule has 1 aromatic rings. The first-order chi connectivity index (χ1) is 5.22. The lowest BCUT2D eigenvalue weighted by molar-refractivity contribution is 1.10. The number of hydrogen-bond acceptors (Lipinski definition) is 5. The second kappa shape index (κ2) is 3.89. The number of nitrogens with one attached hydrogen (secondary N) is 2. The van der Waals surface area contributed by atoms with Crippen molar-refractivity contribution in [2.45, 2.75) is 6.92 Å². The summed E-state index contributed by atoms with van der Waals surface area (Å²) in [6.07, 6.45) is 0. The molecule has 2 N–H and O–H groups in total. The molecule has 0 spiro atoms. The Bertz CT molecular complexity index is 311. The van der Waals surface area contributed by atoms with Crippen molar-refractivity contribution in [2.24, 2.45) is 0 Å². The van der Waals surface area contributed by atoms with Gasteiger partial charge in [-0.1, -0.05) is 11.3 Å². The van der Waals surface area contributed by atoms with Crippen LogP contribution >= 0.6 is 35.8 Å². The van der Waals surface area contributed by atoms with Gasteiger partial charge >= 0.3 is 0 Å². The number of hydrogen-bond donors (Lipinski definition) is 2. The zero-order chi connectivity index (χ0) is 8.27. The molecule has 0 aromatic carbocycles. The molecule has 0 amide bonds. The molecule has 0 unspecified atom stereocenters. The maximum absolute atomic E-state index is 4.92. The Kier molecular flexibility index (Phi) is 3.10. The first-order valence-corrected chi connectivity index (χ1v) is 4.71. The third-order valence-corrected chi connectivity index (χ3v) is 2.19. The van der Waals surface area contributed by atoms with Gasteiger partial charge < -0.3 is 10.3 Å². The smallest absolute Gasteiger partial charge is 0.203 e. The van der Waals surface area contributed by atoms with Gasteiger partial charge in [-0.05, 0) is 31.4 Å². The highest BCUT2D eigenvalue weighted by Gasteiger charge is 1.90. The van der Waals surface area contributed by atoms with Crippen LogP contribution in [0.4, 0.5) is 5.95 Å². The van der Waals surface area contributed by atoms with Gasteiger partial charge in [0.1, 0.15) is 0 Å². The zero-order valence-corrected chi connectivity index (χ0v) is 8.33. The normalized spacial score (nSPS) is 9.55. The molecule has 0 atom stereocenters. The summed E-state index contributed by atoms with van der Waals surface area (Å²) in [5.74, 6) is 0.654. The van der Waals surface area contributed by atoms with Crippen LogP contribution in [0.3, 0.4) is 0 Å². The van der Waals surface area contributed by atoms with E-state index in [2.05, 4.69) is 15.3 Å². The molecule has 0 saturated heterocycles. The van der Waals surface area contributed by atoms with Crippen molar-refractivity contribution in [1.82, 2.24) is 9.97 Å². The SMILES string of the molecule is CCNc1nc(=S)sc(=S)[nH]1. The minimum absolute atomic E-state index is 0.560. The second-order valence-corrected chi connectivity index (χ2v) is 4.08. The highest BCUT2D eigenvalue weighted by atomic mass is 32.2. The number of aromatic amines is 1. The van der Waals surface area contributed by atoms with Crippen LogP contribution in [0.25, 0.3) is 0 Å². The standard InChI is InChI=1S/C5H7N3S3/c1-2-6-3-7-4(9)11-5(10)8-3/h2H2,1H3,(H2,6,7,8,9,10).